The van der Waals surface area contributed by atoms with Crippen LogP contribution in [0.4, 0.5) is 5.69 Å². The maximum absolute atomic E-state index is 12.1. The molecule has 148 valence electrons. The third-order valence-corrected chi connectivity index (χ3v) is 4.55. The number of hydrogen-bond donors (Lipinski definition) is 2. The zero-order chi connectivity index (χ0) is 20.7. The van der Waals surface area contributed by atoms with Crippen LogP contribution in [-0.2, 0) is 24.3 Å². The summed E-state index contributed by atoms with van der Waals surface area (Å²) < 4.78 is 32.6. The van der Waals surface area contributed by atoms with Gasteiger partial charge in [0.2, 0.25) is 10.0 Å². The van der Waals surface area contributed by atoms with Crippen molar-refractivity contribution in [2.45, 2.75) is 17.9 Å². The molecular formula is C19H20N2O6S. The highest BCUT2D eigenvalue weighted by Gasteiger charge is 2.17. The van der Waals surface area contributed by atoms with Gasteiger partial charge in [0.25, 0.3) is 5.91 Å². The number of nitrogens with two attached hydrogens (primary N) is 1. The highest BCUT2D eigenvalue weighted by atomic mass is 32.2. The largest absolute Gasteiger partial charge is 0.497 e. The topological polar surface area (TPSA) is 125 Å². The molecular weight excluding hydrogens is 384 g/mol. The molecule has 2 rings (SSSR count). The van der Waals surface area contributed by atoms with Crippen LogP contribution in [0.3, 0.4) is 0 Å². The molecule has 1 amide bonds. The Morgan fingerprint density at radius 3 is 2.43 bits per heavy atom. The van der Waals surface area contributed by atoms with E-state index in [0.29, 0.717) is 11.4 Å². The Hall–Kier alpha value is -3.17. The van der Waals surface area contributed by atoms with Gasteiger partial charge in [-0.3, -0.25) is 4.79 Å². The number of amides is 1. The molecule has 0 aromatic heterocycles. The summed E-state index contributed by atoms with van der Waals surface area (Å²) in [4.78, 5) is 23.9. The Balaban J connectivity index is 1.92. The maximum atomic E-state index is 12.1. The number of rotatable bonds is 7. The Kier molecular flexibility index (Phi) is 6.91. The first kappa shape index (κ1) is 21.1. The van der Waals surface area contributed by atoms with Gasteiger partial charge in [-0.05, 0) is 55.0 Å². The van der Waals surface area contributed by atoms with E-state index in [0.717, 1.165) is 5.56 Å². The summed E-state index contributed by atoms with van der Waals surface area (Å²) in [6.07, 6.45) is 1.70. The Morgan fingerprint density at radius 2 is 1.82 bits per heavy atom. The van der Waals surface area contributed by atoms with E-state index in [4.69, 9.17) is 14.6 Å². The van der Waals surface area contributed by atoms with Crippen LogP contribution < -0.4 is 15.2 Å². The van der Waals surface area contributed by atoms with E-state index in [1.807, 2.05) is 0 Å². The third kappa shape index (κ3) is 6.22. The summed E-state index contributed by atoms with van der Waals surface area (Å²) in [6, 6.07) is 12.4. The summed E-state index contributed by atoms with van der Waals surface area (Å²) in [5.41, 5.74) is 1.08. The number of sulfonamides is 1. The first-order valence-electron chi connectivity index (χ1n) is 8.15. The molecule has 0 bridgehead atoms. The number of carbonyl (C=O) groups is 2. The van der Waals surface area contributed by atoms with Gasteiger partial charge in [-0.15, -0.1) is 0 Å². The molecule has 0 fully saturated rings. The number of esters is 1. The smallest absolute Gasteiger partial charge is 0.331 e. The zero-order valence-corrected chi connectivity index (χ0v) is 16.1. The molecule has 0 aliphatic carbocycles. The normalized spacial score (nSPS) is 12.4. The Morgan fingerprint density at radius 1 is 1.14 bits per heavy atom. The molecule has 1 atom stereocenters. The van der Waals surface area contributed by atoms with E-state index in [-0.39, 0.29) is 4.90 Å². The van der Waals surface area contributed by atoms with Crippen molar-refractivity contribution in [1.29, 1.82) is 0 Å². The van der Waals surface area contributed by atoms with Crippen LogP contribution in [0.1, 0.15) is 12.5 Å². The summed E-state index contributed by atoms with van der Waals surface area (Å²) >= 11 is 0. The third-order valence-electron chi connectivity index (χ3n) is 3.62. The summed E-state index contributed by atoms with van der Waals surface area (Å²) in [5, 5.41) is 7.53. The highest BCUT2D eigenvalue weighted by Crippen LogP contribution is 2.15. The van der Waals surface area contributed by atoms with Crippen molar-refractivity contribution >= 4 is 33.7 Å². The molecule has 9 heteroatoms. The molecule has 28 heavy (non-hydrogen) atoms. The number of hydrogen-bond acceptors (Lipinski definition) is 6. The summed E-state index contributed by atoms with van der Waals surface area (Å²) in [5.74, 6) is -0.599. The van der Waals surface area contributed by atoms with Crippen molar-refractivity contribution in [3.63, 3.8) is 0 Å². The molecule has 2 aromatic rings. The molecule has 0 heterocycles. The number of primary sulfonamides is 1. The second-order valence-electron chi connectivity index (χ2n) is 5.75. The van der Waals surface area contributed by atoms with Crippen molar-refractivity contribution in [3.05, 3.63) is 60.2 Å². The van der Waals surface area contributed by atoms with Crippen LogP contribution in [0.5, 0.6) is 5.75 Å². The molecule has 2 aromatic carbocycles. The standard InChI is InChI=1S/C19H20N2O6S/c1-13(19(23)21-15-7-9-17(10-8-15)28(20,24)25)27-18(22)11-6-14-4-3-5-16(12-14)26-2/h3-13H,1-2H3,(H,21,23)(H2,20,24,25)/b11-6+/t13-/m1/s1. The van der Waals surface area contributed by atoms with Gasteiger partial charge in [0, 0.05) is 11.8 Å². The number of methoxy groups -OCH3 is 1. The van der Waals surface area contributed by atoms with Crippen molar-refractivity contribution < 1.29 is 27.5 Å². The minimum absolute atomic E-state index is 0.0762. The fourth-order valence-corrected chi connectivity index (χ4v) is 2.66. The Labute approximate surface area is 163 Å². The SMILES string of the molecule is COc1cccc(/C=C/C(=O)O[C@H](C)C(=O)Nc2ccc(S(N)(=O)=O)cc2)c1. The van der Waals surface area contributed by atoms with Crippen LogP contribution in [-0.4, -0.2) is 33.5 Å². The number of carbonyl (C=O) groups excluding carboxylic acids is 2. The first-order chi connectivity index (χ1) is 13.2. The number of ether oxygens (including phenoxy) is 2. The van der Waals surface area contributed by atoms with Gasteiger partial charge < -0.3 is 14.8 Å². The zero-order valence-electron chi connectivity index (χ0n) is 15.3. The molecule has 0 aliphatic rings. The molecule has 0 radical (unpaired) electrons. The van der Waals surface area contributed by atoms with E-state index in [1.165, 1.54) is 37.3 Å². The minimum Gasteiger partial charge on any atom is -0.497 e. The molecule has 0 unspecified atom stereocenters. The van der Waals surface area contributed by atoms with Crippen LogP contribution >= 0.6 is 0 Å². The number of nitrogens with one attached hydrogen (secondary N) is 1. The van der Waals surface area contributed by atoms with Gasteiger partial charge in [-0.1, -0.05) is 12.1 Å². The van der Waals surface area contributed by atoms with Crippen LogP contribution in [0, 0.1) is 0 Å². The highest BCUT2D eigenvalue weighted by molar-refractivity contribution is 7.89. The van der Waals surface area contributed by atoms with E-state index < -0.39 is 28.0 Å². The van der Waals surface area contributed by atoms with Crippen LogP contribution in [0.25, 0.3) is 6.08 Å². The predicted octanol–water partition coefficient (Wildman–Crippen LogP) is 1.93. The fourth-order valence-electron chi connectivity index (χ4n) is 2.15. The fraction of sp³-hybridized carbons (Fsp3) is 0.158. The van der Waals surface area contributed by atoms with Gasteiger partial charge in [-0.25, -0.2) is 18.4 Å². The van der Waals surface area contributed by atoms with Gasteiger partial charge >= 0.3 is 5.97 Å². The van der Waals surface area contributed by atoms with Gasteiger partial charge in [0.15, 0.2) is 6.10 Å². The minimum atomic E-state index is -3.81. The van der Waals surface area contributed by atoms with E-state index in [2.05, 4.69) is 5.32 Å². The number of anilines is 1. The predicted molar refractivity (Wildman–Crippen MR) is 104 cm³/mol. The molecule has 0 saturated carbocycles. The monoisotopic (exact) mass is 404 g/mol. The Bertz CT molecular complexity index is 984. The average molecular weight is 404 g/mol. The van der Waals surface area contributed by atoms with Gasteiger partial charge in [-0.2, -0.15) is 0 Å². The van der Waals surface area contributed by atoms with Crippen molar-refractivity contribution in [1.82, 2.24) is 0 Å². The summed E-state index contributed by atoms with van der Waals surface area (Å²) in [7, 11) is -2.27. The second kappa shape index (κ2) is 9.16. The molecule has 3 N–H and O–H groups in total. The lowest BCUT2D eigenvalue weighted by Crippen LogP contribution is -2.29. The van der Waals surface area contributed by atoms with E-state index >= 15 is 0 Å². The van der Waals surface area contributed by atoms with Crippen LogP contribution in [0.2, 0.25) is 0 Å². The molecule has 0 spiro atoms. The molecule has 0 saturated heterocycles. The molecule has 8 nitrogen and oxygen atoms in total. The van der Waals surface area contributed by atoms with E-state index in [1.54, 1.807) is 37.5 Å². The van der Waals surface area contributed by atoms with Crippen molar-refractivity contribution in [2.24, 2.45) is 5.14 Å². The van der Waals surface area contributed by atoms with E-state index in [9.17, 15) is 18.0 Å². The number of benzene rings is 2. The summed E-state index contributed by atoms with van der Waals surface area (Å²) in [6.45, 7) is 1.42. The van der Waals surface area contributed by atoms with Gasteiger partial charge in [0.1, 0.15) is 5.75 Å². The average Bonchev–Trinajstić information content (AvgIpc) is 2.66. The lowest BCUT2D eigenvalue weighted by molar-refractivity contribution is -0.148. The molecule has 0 aliphatic heterocycles. The van der Waals surface area contributed by atoms with Crippen molar-refractivity contribution in [2.75, 3.05) is 12.4 Å². The quantitative estimate of drug-likeness (QED) is 0.537. The first-order valence-corrected chi connectivity index (χ1v) is 9.70. The van der Waals surface area contributed by atoms with Gasteiger partial charge in [0.05, 0.1) is 12.0 Å². The second-order valence-corrected chi connectivity index (χ2v) is 7.31. The van der Waals surface area contributed by atoms with Crippen LogP contribution in [0.15, 0.2) is 59.5 Å². The lowest BCUT2D eigenvalue weighted by atomic mass is 10.2. The maximum Gasteiger partial charge on any atom is 0.331 e. The van der Waals surface area contributed by atoms with Crippen molar-refractivity contribution in [3.8, 4) is 5.75 Å². The lowest BCUT2D eigenvalue weighted by Gasteiger charge is -2.12.